The van der Waals surface area contributed by atoms with E-state index < -0.39 is 25.4 Å². The molecule has 3 nitrogen and oxygen atoms in total. The van der Waals surface area contributed by atoms with Gasteiger partial charge in [0.2, 0.25) is 0 Å². The number of fused-ring (bicyclic) bond motifs is 2. The molecule has 160 valence electrons. The maximum absolute atomic E-state index is 12.0. The summed E-state index contributed by atoms with van der Waals surface area (Å²) in [4.78, 5) is 0. The summed E-state index contributed by atoms with van der Waals surface area (Å²) in [6.07, 6.45) is 7.33. The third kappa shape index (κ3) is 3.38. The summed E-state index contributed by atoms with van der Waals surface area (Å²) in [5, 5.41) is 23.3. The van der Waals surface area contributed by atoms with E-state index in [0.29, 0.717) is 6.42 Å². The van der Waals surface area contributed by atoms with Crippen molar-refractivity contribution in [3.05, 3.63) is 22.8 Å². The molecule has 0 saturated heterocycles. The molecule has 3 aliphatic rings. The molecular weight excluding hydrogens is 364 g/mol. The van der Waals surface area contributed by atoms with E-state index in [1.165, 1.54) is 24.0 Å². The van der Waals surface area contributed by atoms with E-state index in [4.69, 9.17) is 4.43 Å². The van der Waals surface area contributed by atoms with Crippen LogP contribution in [-0.2, 0) is 4.43 Å². The van der Waals surface area contributed by atoms with Crippen molar-refractivity contribution in [2.75, 3.05) is 0 Å². The van der Waals surface area contributed by atoms with E-state index in [1.54, 1.807) is 0 Å². The van der Waals surface area contributed by atoms with E-state index >= 15 is 0 Å². The van der Waals surface area contributed by atoms with Crippen LogP contribution in [-0.4, -0.2) is 36.3 Å². The van der Waals surface area contributed by atoms with Crippen molar-refractivity contribution in [2.24, 2.45) is 11.3 Å². The molecule has 0 amide bonds. The lowest BCUT2D eigenvalue weighted by Gasteiger charge is -2.50. The molecule has 0 aromatic rings. The number of aliphatic hydroxyl groups excluding tert-OH is 1. The van der Waals surface area contributed by atoms with Gasteiger partial charge in [-0.1, -0.05) is 46.3 Å². The van der Waals surface area contributed by atoms with Crippen molar-refractivity contribution in [2.45, 2.75) is 116 Å². The highest BCUT2D eigenvalue weighted by Gasteiger charge is 2.59. The van der Waals surface area contributed by atoms with Crippen molar-refractivity contribution in [3.8, 4) is 0 Å². The Hall–Kier alpha value is -0.423. The highest BCUT2D eigenvalue weighted by molar-refractivity contribution is 6.74. The first-order valence-corrected chi connectivity index (χ1v) is 14.1. The van der Waals surface area contributed by atoms with Crippen molar-refractivity contribution in [1.82, 2.24) is 0 Å². The fraction of sp³-hybridized carbons (Fsp3) is 0.833. The summed E-state index contributed by atoms with van der Waals surface area (Å²) in [5.41, 5.74) is 2.14. The molecule has 2 bridgehead atoms. The van der Waals surface area contributed by atoms with Gasteiger partial charge in [-0.25, -0.2) is 0 Å². The quantitative estimate of drug-likeness (QED) is 0.454. The normalized spacial score (nSPS) is 36.4. The zero-order valence-corrected chi connectivity index (χ0v) is 20.4. The van der Waals surface area contributed by atoms with Gasteiger partial charge in [-0.05, 0) is 74.2 Å². The van der Waals surface area contributed by atoms with Gasteiger partial charge in [0.1, 0.15) is 11.7 Å². The third-order valence-corrected chi connectivity index (χ3v) is 13.1. The second-order valence-corrected chi connectivity index (χ2v) is 16.4. The molecule has 0 heterocycles. The SMILES string of the molecule is CC1=CC[C@@H]2[C@@H](O[Si](C)(C)C(C)(C)C)C3=C(CCCC3)C[C@](O)([C@H]1O)C2(C)C. The van der Waals surface area contributed by atoms with Crippen LogP contribution in [0.2, 0.25) is 18.1 Å². The summed E-state index contributed by atoms with van der Waals surface area (Å²) in [5.74, 6) is 0.171. The van der Waals surface area contributed by atoms with Gasteiger partial charge in [-0.3, -0.25) is 0 Å². The third-order valence-electron chi connectivity index (χ3n) is 8.67. The summed E-state index contributed by atoms with van der Waals surface area (Å²) in [6, 6.07) is 0. The first kappa shape index (κ1) is 22.3. The van der Waals surface area contributed by atoms with E-state index in [0.717, 1.165) is 24.8 Å². The summed E-state index contributed by atoms with van der Waals surface area (Å²) < 4.78 is 7.14. The highest BCUT2D eigenvalue weighted by atomic mass is 28.4. The molecule has 0 saturated carbocycles. The van der Waals surface area contributed by atoms with Crippen molar-refractivity contribution in [1.29, 1.82) is 0 Å². The van der Waals surface area contributed by atoms with Crippen LogP contribution >= 0.6 is 0 Å². The Bertz CT molecular complexity index is 682. The van der Waals surface area contributed by atoms with Crippen LogP contribution < -0.4 is 0 Å². The van der Waals surface area contributed by atoms with Crippen LogP contribution in [0.15, 0.2) is 22.8 Å². The predicted molar refractivity (Wildman–Crippen MR) is 119 cm³/mol. The Morgan fingerprint density at radius 1 is 1.14 bits per heavy atom. The van der Waals surface area contributed by atoms with Crippen LogP contribution in [0.3, 0.4) is 0 Å². The van der Waals surface area contributed by atoms with Crippen LogP contribution in [0.25, 0.3) is 0 Å². The minimum atomic E-state index is -1.98. The van der Waals surface area contributed by atoms with E-state index in [2.05, 4.69) is 53.8 Å². The van der Waals surface area contributed by atoms with Gasteiger partial charge in [-0.2, -0.15) is 0 Å². The minimum Gasteiger partial charge on any atom is -0.410 e. The molecule has 0 aromatic heterocycles. The Balaban J connectivity index is 2.16. The Morgan fingerprint density at radius 3 is 2.36 bits per heavy atom. The lowest BCUT2D eigenvalue weighted by molar-refractivity contribution is -0.158. The van der Waals surface area contributed by atoms with Gasteiger partial charge in [0.25, 0.3) is 0 Å². The van der Waals surface area contributed by atoms with E-state index in [9.17, 15) is 10.2 Å². The molecular formula is C24H42O3Si. The standard InChI is InChI=1S/C24H42O3Si/c1-16-13-14-19-20(27-28(7,8)22(2,3)4)18-12-10-9-11-17(18)15-24(26,21(16)25)23(19,5)6/h13,19-21,25-26H,9-12,14-15H2,1-8H3/t19-,20+,21+,24+/m1/s1. The number of rotatable bonds is 2. The van der Waals surface area contributed by atoms with Gasteiger partial charge >= 0.3 is 0 Å². The molecule has 4 atom stereocenters. The maximum atomic E-state index is 12.0. The molecule has 0 radical (unpaired) electrons. The van der Waals surface area contributed by atoms with E-state index in [1.807, 2.05) is 6.92 Å². The molecule has 2 N–H and O–H groups in total. The first-order valence-electron chi connectivity index (χ1n) is 11.2. The summed E-state index contributed by atoms with van der Waals surface area (Å²) in [7, 11) is -1.98. The van der Waals surface area contributed by atoms with Gasteiger partial charge < -0.3 is 14.6 Å². The lowest BCUT2D eigenvalue weighted by atomic mass is 9.62. The fourth-order valence-corrected chi connectivity index (χ4v) is 6.64. The zero-order valence-electron chi connectivity index (χ0n) is 19.4. The largest absolute Gasteiger partial charge is 0.410 e. The second kappa shape index (κ2) is 7.07. The Labute approximate surface area is 173 Å². The maximum Gasteiger partial charge on any atom is 0.192 e. The van der Waals surface area contributed by atoms with Gasteiger partial charge in [0, 0.05) is 11.8 Å². The Kier molecular flexibility index (Phi) is 5.63. The molecule has 4 heteroatoms. The first-order chi connectivity index (χ1) is 12.7. The van der Waals surface area contributed by atoms with Crippen molar-refractivity contribution < 1.29 is 14.6 Å². The highest BCUT2D eigenvalue weighted by Crippen LogP contribution is 2.57. The van der Waals surface area contributed by atoms with Crippen LogP contribution in [0.4, 0.5) is 0 Å². The lowest BCUT2D eigenvalue weighted by Crippen LogP contribution is -2.58. The molecule has 0 aromatic carbocycles. The Morgan fingerprint density at radius 2 is 1.75 bits per heavy atom. The van der Waals surface area contributed by atoms with Crippen LogP contribution in [0.5, 0.6) is 0 Å². The van der Waals surface area contributed by atoms with Gasteiger partial charge in [0.05, 0.1) is 6.10 Å². The van der Waals surface area contributed by atoms with Crippen molar-refractivity contribution in [3.63, 3.8) is 0 Å². The molecule has 3 rings (SSSR count). The molecule has 0 fully saturated rings. The predicted octanol–water partition coefficient (Wildman–Crippen LogP) is 5.74. The van der Waals surface area contributed by atoms with Gasteiger partial charge in [0.15, 0.2) is 8.32 Å². The van der Waals surface area contributed by atoms with Crippen LogP contribution in [0.1, 0.15) is 80.1 Å². The van der Waals surface area contributed by atoms with Gasteiger partial charge in [-0.15, -0.1) is 0 Å². The average molecular weight is 407 g/mol. The summed E-state index contributed by atoms with van der Waals surface area (Å²) >= 11 is 0. The number of allylic oxidation sites excluding steroid dienone is 1. The molecule has 28 heavy (non-hydrogen) atoms. The molecule has 0 unspecified atom stereocenters. The van der Waals surface area contributed by atoms with Crippen molar-refractivity contribution >= 4 is 8.32 Å². The smallest absolute Gasteiger partial charge is 0.192 e. The van der Waals surface area contributed by atoms with E-state index in [-0.39, 0.29) is 17.1 Å². The minimum absolute atomic E-state index is 0.0505. The second-order valence-electron chi connectivity index (χ2n) is 11.7. The number of hydrogen-bond acceptors (Lipinski definition) is 3. The topological polar surface area (TPSA) is 49.7 Å². The molecule has 0 spiro atoms. The average Bonchev–Trinajstić information content (AvgIpc) is 2.68. The fourth-order valence-electron chi connectivity index (χ4n) is 5.35. The number of hydrogen-bond donors (Lipinski definition) is 2. The zero-order chi connectivity index (χ0) is 21.1. The molecule has 0 aliphatic heterocycles. The van der Waals surface area contributed by atoms with Crippen LogP contribution in [0, 0.1) is 11.3 Å². The molecule has 3 aliphatic carbocycles. The monoisotopic (exact) mass is 406 g/mol. The summed E-state index contributed by atoms with van der Waals surface area (Å²) in [6.45, 7) is 17.9. The number of aliphatic hydroxyl groups is 2.